The maximum absolute atomic E-state index is 12.1. The number of amides is 1. The number of aryl methyl sites for hydroxylation is 1. The minimum absolute atomic E-state index is 0.0796. The standard InChI is InChI=1S/C20H29NO4/c22-15-20(9-2-1-3-10-20)14-21-19(23)6-4-5-16-7-8-17-18(13-16)25-12-11-24-17/h7-8,13,22H,1-6,9-12,14-15H2,(H,21,23). The molecule has 5 heteroatoms. The van der Waals surface area contributed by atoms with Gasteiger partial charge in [0.25, 0.3) is 0 Å². The first kappa shape index (κ1) is 18.1. The van der Waals surface area contributed by atoms with Crippen LogP contribution in [0.5, 0.6) is 11.5 Å². The third kappa shape index (κ3) is 4.88. The van der Waals surface area contributed by atoms with Crippen LogP contribution in [0.15, 0.2) is 18.2 Å². The highest BCUT2D eigenvalue weighted by molar-refractivity contribution is 5.75. The molecule has 1 aromatic rings. The molecule has 1 heterocycles. The molecule has 3 rings (SSSR count). The molecule has 1 aliphatic heterocycles. The average molecular weight is 347 g/mol. The van der Waals surface area contributed by atoms with Crippen LogP contribution >= 0.6 is 0 Å². The van der Waals surface area contributed by atoms with Crippen molar-refractivity contribution in [2.45, 2.75) is 51.4 Å². The number of rotatable bonds is 7. The maximum Gasteiger partial charge on any atom is 0.220 e. The summed E-state index contributed by atoms with van der Waals surface area (Å²) in [5, 5.41) is 12.7. The molecule has 0 bridgehead atoms. The normalized spacial score (nSPS) is 18.6. The second kappa shape index (κ2) is 8.56. The van der Waals surface area contributed by atoms with Gasteiger partial charge in [-0.05, 0) is 43.4 Å². The highest BCUT2D eigenvalue weighted by atomic mass is 16.6. The number of hydrogen-bond donors (Lipinski definition) is 2. The fraction of sp³-hybridized carbons (Fsp3) is 0.650. The van der Waals surface area contributed by atoms with Crippen molar-refractivity contribution < 1.29 is 19.4 Å². The summed E-state index contributed by atoms with van der Waals surface area (Å²) in [4.78, 5) is 12.1. The van der Waals surface area contributed by atoms with Gasteiger partial charge in [-0.3, -0.25) is 4.79 Å². The van der Waals surface area contributed by atoms with Gasteiger partial charge in [-0.1, -0.05) is 25.3 Å². The van der Waals surface area contributed by atoms with Crippen LogP contribution in [0.2, 0.25) is 0 Å². The van der Waals surface area contributed by atoms with Gasteiger partial charge in [-0.25, -0.2) is 0 Å². The third-order valence-corrected chi connectivity index (χ3v) is 5.39. The quantitative estimate of drug-likeness (QED) is 0.796. The van der Waals surface area contributed by atoms with E-state index in [2.05, 4.69) is 5.32 Å². The molecule has 0 radical (unpaired) electrons. The van der Waals surface area contributed by atoms with Gasteiger partial charge in [0.1, 0.15) is 13.2 Å². The second-order valence-electron chi connectivity index (χ2n) is 7.33. The summed E-state index contributed by atoms with van der Waals surface area (Å²) in [5.41, 5.74) is 1.07. The van der Waals surface area contributed by atoms with Crippen molar-refractivity contribution in [1.82, 2.24) is 5.32 Å². The molecule has 0 spiro atoms. The molecule has 1 aromatic carbocycles. The third-order valence-electron chi connectivity index (χ3n) is 5.39. The largest absolute Gasteiger partial charge is 0.486 e. The fourth-order valence-electron chi connectivity index (χ4n) is 3.76. The zero-order valence-electron chi connectivity index (χ0n) is 14.9. The number of aliphatic hydroxyl groups excluding tert-OH is 1. The molecular weight excluding hydrogens is 318 g/mol. The Morgan fingerprint density at radius 3 is 2.64 bits per heavy atom. The van der Waals surface area contributed by atoms with Crippen LogP contribution in [0.25, 0.3) is 0 Å². The van der Waals surface area contributed by atoms with E-state index >= 15 is 0 Å². The lowest BCUT2D eigenvalue weighted by Crippen LogP contribution is -2.41. The molecule has 138 valence electrons. The molecule has 1 amide bonds. The lowest BCUT2D eigenvalue weighted by molar-refractivity contribution is -0.122. The van der Waals surface area contributed by atoms with E-state index < -0.39 is 0 Å². The summed E-state index contributed by atoms with van der Waals surface area (Å²) in [6, 6.07) is 5.99. The van der Waals surface area contributed by atoms with E-state index in [1.165, 1.54) is 6.42 Å². The Morgan fingerprint density at radius 2 is 1.88 bits per heavy atom. The zero-order chi connectivity index (χ0) is 17.5. The van der Waals surface area contributed by atoms with Crippen molar-refractivity contribution in [3.05, 3.63) is 23.8 Å². The van der Waals surface area contributed by atoms with Crippen LogP contribution in [-0.4, -0.2) is 37.4 Å². The first-order valence-corrected chi connectivity index (χ1v) is 9.47. The van der Waals surface area contributed by atoms with Crippen LogP contribution < -0.4 is 14.8 Å². The Bertz CT molecular complexity index is 581. The van der Waals surface area contributed by atoms with Gasteiger partial charge in [-0.15, -0.1) is 0 Å². The van der Waals surface area contributed by atoms with Crippen molar-refractivity contribution in [3.63, 3.8) is 0 Å². The Kier molecular flexibility index (Phi) is 6.19. The number of carbonyl (C=O) groups is 1. The van der Waals surface area contributed by atoms with E-state index in [0.717, 1.165) is 55.6 Å². The van der Waals surface area contributed by atoms with E-state index in [-0.39, 0.29) is 17.9 Å². The molecule has 5 nitrogen and oxygen atoms in total. The molecule has 0 atom stereocenters. The van der Waals surface area contributed by atoms with E-state index in [4.69, 9.17) is 9.47 Å². The van der Waals surface area contributed by atoms with Gasteiger partial charge in [-0.2, -0.15) is 0 Å². The van der Waals surface area contributed by atoms with Crippen LogP contribution in [0, 0.1) is 5.41 Å². The Labute approximate surface area is 149 Å². The summed E-state index contributed by atoms with van der Waals surface area (Å²) >= 11 is 0. The number of ether oxygens (including phenoxy) is 2. The summed E-state index contributed by atoms with van der Waals surface area (Å²) in [7, 11) is 0. The van der Waals surface area contributed by atoms with Crippen molar-refractivity contribution >= 4 is 5.91 Å². The smallest absolute Gasteiger partial charge is 0.220 e. The second-order valence-corrected chi connectivity index (χ2v) is 7.33. The van der Waals surface area contributed by atoms with Crippen molar-refractivity contribution in [2.24, 2.45) is 5.41 Å². The molecule has 0 unspecified atom stereocenters. The first-order chi connectivity index (χ1) is 12.2. The molecular formula is C20H29NO4. The number of carbonyl (C=O) groups excluding carboxylic acids is 1. The summed E-state index contributed by atoms with van der Waals surface area (Å²) in [6.07, 6.45) is 7.73. The predicted molar refractivity (Wildman–Crippen MR) is 96.0 cm³/mol. The van der Waals surface area contributed by atoms with Crippen molar-refractivity contribution in [1.29, 1.82) is 0 Å². The molecule has 2 N–H and O–H groups in total. The lowest BCUT2D eigenvalue weighted by Gasteiger charge is -2.35. The summed E-state index contributed by atoms with van der Waals surface area (Å²) in [5.74, 6) is 1.68. The zero-order valence-corrected chi connectivity index (χ0v) is 14.9. The topological polar surface area (TPSA) is 67.8 Å². The van der Waals surface area contributed by atoms with Crippen LogP contribution in [-0.2, 0) is 11.2 Å². The molecule has 1 fully saturated rings. The molecule has 0 aromatic heterocycles. The predicted octanol–water partition coefficient (Wildman–Crippen LogP) is 2.84. The molecule has 0 saturated heterocycles. The van der Waals surface area contributed by atoms with Crippen LogP contribution in [0.3, 0.4) is 0 Å². The fourth-order valence-corrected chi connectivity index (χ4v) is 3.76. The van der Waals surface area contributed by atoms with Gasteiger partial charge in [0.15, 0.2) is 11.5 Å². The van der Waals surface area contributed by atoms with E-state index in [1.807, 2.05) is 18.2 Å². The number of aliphatic hydroxyl groups is 1. The minimum Gasteiger partial charge on any atom is -0.486 e. The van der Waals surface area contributed by atoms with Gasteiger partial charge in [0.05, 0.1) is 6.61 Å². The van der Waals surface area contributed by atoms with Gasteiger partial charge in [0.2, 0.25) is 5.91 Å². The van der Waals surface area contributed by atoms with Crippen LogP contribution in [0.1, 0.15) is 50.5 Å². The Hall–Kier alpha value is -1.75. The van der Waals surface area contributed by atoms with Crippen LogP contribution in [0.4, 0.5) is 0 Å². The molecule has 1 aliphatic carbocycles. The summed E-state index contributed by atoms with van der Waals surface area (Å²) < 4.78 is 11.1. The van der Waals surface area contributed by atoms with E-state index in [1.54, 1.807) is 0 Å². The number of benzene rings is 1. The van der Waals surface area contributed by atoms with Crippen molar-refractivity contribution in [2.75, 3.05) is 26.4 Å². The van der Waals surface area contributed by atoms with E-state index in [0.29, 0.717) is 26.2 Å². The Balaban J connectivity index is 1.40. The van der Waals surface area contributed by atoms with E-state index in [9.17, 15) is 9.90 Å². The summed E-state index contributed by atoms with van der Waals surface area (Å²) in [6.45, 7) is 1.96. The first-order valence-electron chi connectivity index (χ1n) is 9.47. The van der Waals surface area contributed by atoms with Gasteiger partial charge >= 0.3 is 0 Å². The van der Waals surface area contributed by atoms with Crippen molar-refractivity contribution in [3.8, 4) is 11.5 Å². The lowest BCUT2D eigenvalue weighted by atomic mass is 9.74. The molecule has 1 saturated carbocycles. The maximum atomic E-state index is 12.1. The molecule has 25 heavy (non-hydrogen) atoms. The highest BCUT2D eigenvalue weighted by Gasteiger charge is 2.31. The number of nitrogens with one attached hydrogen (secondary N) is 1. The number of hydrogen-bond acceptors (Lipinski definition) is 4. The SMILES string of the molecule is O=C(CCCc1ccc2c(c1)OCCO2)NCC1(CO)CCCCC1. The monoisotopic (exact) mass is 347 g/mol. The Morgan fingerprint density at radius 1 is 1.12 bits per heavy atom. The average Bonchev–Trinajstić information content (AvgIpc) is 2.67. The highest BCUT2D eigenvalue weighted by Crippen LogP contribution is 2.35. The molecule has 2 aliphatic rings. The van der Waals surface area contributed by atoms with Gasteiger partial charge in [0, 0.05) is 18.4 Å². The minimum atomic E-state index is -0.0935. The van der Waals surface area contributed by atoms with Gasteiger partial charge < -0.3 is 19.9 Å². The number of fused-ring (bicyclic) bond motifs is 1.